The first-order valence-corrected chi connectivity index (χ1v) is 8.51. The normalized spacial score (nSPS) is 11.2. The quantitative estimate of drug-likeness (QED) is 0.643. The van der Waals surface area contributed by atoms with E-state index in [1.807, 2.05) is 13.8 Å². The van der Waals surface area contributed by atoms with Gasteiger partial charge in [-0.05, 0) is 32.5 Å². The molecule has 0 aromatic carbocycles. The number of sulfonamides is 1. The fourth-order valence-electron chi connectivity index (χ4n) is 1.67. The highest BCUT2D eigenvalue weighted by Gasteiger charge is 2.11. The van der Waals surface area contributed by atoms with Crippen LogP contribution in [-0.2, 0) is 16.4 Å². The minimum absolute atomic E-state index is 0.0579. The summed E-state index contributed by atoms with van der Waals surface area (Å²) in [6, 6.07) is 3.37. The third-order valence-electron chi connectivity index (χ3n) is 2.83. The fourth-order valence-corrected chi connectivity index (χ4v) is 2.25. The number of anilines is 1. The fraction of sp³-hybridized carbons (Fsp3) is 0.538. The van der Waals surface area contributed by atoms with E-state index in [1.165, 1.54) is 7.05 Å². The molecule has 0 aliphatic rings. The van der Waals surface area contributed by atoms with E-state index in [4.69, 9.17) is 0 Å². The topological polar surface area (TPSA) is 100 Å². The summed E-state index contributed by atoms with van der Waals surface area (Å²) in [6.07, 6.45) is 0.716. The Morgan fingerprint density at radius 3 is 2.57 bits per heavy atom. The number of carbonyl (C=O) groups is 1. The van der Waals surface area contributed by atoms with Gasteiger partial charge in [0.15, 0.2) is 0 Å². The predicted molar refractivity (Wildman–Crippen MR) is 83.0 cm³/mol. The van der Waals surface area contributed by atoms with Crippen LogP contribution in [0.4, 0.5) is 5.82 Å². The molecule has 0 aliphatic carbocycles. The van der Waals surface area contributed by atoms with Crippen molar-refractivity contribution in [2.45, 2.75) is 20.3 Å². The first-order valence-electron chi connectivity index (χ1n) is 6.86. The molecule has 0 aliphatic heterocycles. The molecule has 0 saturated carbocycles. The Labute approximate surface area is 125 Å². The van der Waals surface area contributed by atoms with Gasteiger partial charge in [0, 0.05) is 24.3 Å². The van der Waals surface area contributed by atoms with Crippen LogP contribution in [0.1, 0.15) is 29.9 Å². The van der Waals surface area contributed by atoms with E-state index in [9.17, 15) is 13.2 Å². The number of nitrogens with one attached hydrogen (secondary N) is 3. The van der Waals surface area contributed by atoms with E-state index >= 15 is 0 Å². The van der Waals surface area contributed by atoms with Gasteiger partial charge in [0.1, 0.15) is 5.82 Å². The van der Waals surface area contributed by atoms with E-state index in [2.05, 4.69) is 20.3 Å². The van der Waals surface area contributed by atoms with Crippen LogP contribution in [0.25, 0.3) is 0 Å². The van der Waals surface area contributed by atoms with E-state index < -0.39 is 10.0 Å². The van der Waals surface area contributed by atoms with Crippen LogP contribution in [-0.4, -0.2) is 45.2 Å². The molecule has 0 spiro atoms. The molecule has 7 nitrogen and oxygen atoms in total. The summed E-state index contributed by atoms with van der Waals surface area (Å²) >= 11 is 0. The number of hydrogen-bond acceptors (Lipinski definition) is 5. The van der Waals surface area contributed by atoms with Crippen molar-refractivity contribution < 1.29 is 13.2 Å². The Morgan fingerprint density at radius 1 is 1.29 bits per heavy atom. The molecule has 3 N–H and O–H groups in total. The standard InChI is InChI=1S/C13H22N4O3S/c1-4-11-8-10(9-12(17-11)15-5-2)13(18)16-6-7-21(19,20)14-3/h8-9,14H,4-7H2,1-3H3,(H,15,17)(H,16,18). The number of hydrogen-bond donors (Lipinski definition) is 3. The van der Waals surface area contributed by atoms with Gasteiger partial charge in [-0.15, -0.1) is 0 Å². The SMILES string of the molecule is CCNc1cc(C(=O)NCCS(=O)(=O)NC)cc(CC)n1. The highest BCUT2D eigenvalue weighted by atomic mass is 32.2. The number of rotatable bonds is 8. The maximum Gasteiger partial charge on any atom is 0.251 e. The number of pyridine rings is 1. The van der Waals surface area contributed by atoms with Gasteiger partial charge in [-0.25, -0.2) is 18.1 Å². The van der Waals surface area contributed by atoms with Crippen molar-refractivity contribution in [2.75, 3.05) is 31.2 Å². The van der Waals surface area contributed by atoms with Crippen LogP contribution in [0.5, 0.6) is 0 Å². The van der Waals surface area contributed by atoms with Crippen molar-refractivity contribution in [1.29, 1.82) is 0 Å². The van der Waals surface area contributed by atoms with Gasteiger partial charge >= 0.3 is 0 Å². The Hall–Kier alpha value is -1.67. The van der Waals surface area contributed by atoms with E-state index in [0.717, 1.165) is 5.69 Å². The van der Waals surface area contributed by atoms with Gasteiger partial charge in [0.05, 0.1) is 5.75 Å². The second kappa shape index (κ2) is 7.94. The lowest BCUT2D eigenvalue weighted by Gasteiger charge is -2.09. The second-order valence-corrected chi connectivity index (χ2v) is 6.44. The third-order valence-corrected chi connectivity index (χ3v) is 4.19. The zero-order valence-corrected chi connectivity index (χ0v) is 13.4. The summed E-state index contributed by atoms with van der Waals surface area (Å²) in [6.45, 7) is 4.67. The van der Waals surface area contributed by atoms with Gasteiger partial charge in [-0.1, -0.05) is 6.92 Å². The molecular weight excluding hydrogens is 292 g/mol. The van der Waals surface area contributed by atoms with Gasteiger partial charge in [-0.3, -0.25) is 4.79 Å². The monoisotopic (exact) mass is 314 g/mol. The average molecular weight is 314 g/mol. The molecule has 1 heterocycles. The maximum absolute atomic E-state index is 12.1. The number of aromatic nitrogens is 1. The van der Waals surface area contributed by atoms with Crippen molar-refractivity contribution >= 4 is 21.7 Å². The molecule has 8 heteroatoms. The molecule has 0 radical (unpaired) electrons. The minimum Gasteiger partial charge on any atom is -0.370 e. The molecule has 1 amide bonds. The van der Waals surface area contributed by atoms with E-state index in [0.29, 0.717) is 24.3 Å². The predicted octanol–water partition coefficient (Wildman–Crippen LogP) is 0.355. The summed E-state index contributed by atoms with van der Waals surface area (Å²) in [5, 5.41) is 5.67. The molecule has 0 bridgehead atoms. The minimum atomic E-state index is -3.32. The highest BCUT2D eigenvalue weighted by Crippen LogP contribution is 2.11. The number of nitrogens with zero attached hydrogens (tertiary/aromatic N) is 1. The van der Waals surface area contributed by atoms with Crippen molar-refractivity contribution in [3.63, 3.8) is 0 Å². The Morgan fingerprint density at radius 2 is 2.00 bits per heavy atom. The number of carbonyl (C=O) groups excluding carboxylic acids is 1. The zero-order valence-electron chi connectivity index (χ0n) is 12.6. The summed E-state index contributed by atoms with van der Waals surface area (Å²) in [5.41, 5.74) is 1.28. The van der Waals surface area contributed by atoms with Crippen molar-refractivity contribution in [3.8, 4) is 0 Å². The van der Waals surface area contributed by atoms with E-state index in [-0.39, 0.29) is 18.2 Å². The van der Waals surface area contributed by atoms with Gasteiger partial charge < -0.3 is 10.6 Å². The van der Waals surface area contributed by atoms with Gasteiger partial charge in [0.25, 0.3) is 5.91 Å². The molecule has 0 saturated heterocycles. The summed E-state index contributed by atoms with van der Waals surface area (Å²) in [7, 11) is -1.97. The van der Waals surface area contributed by atoms with Gasteiger partial charge in [0.2, 0.25) is 10.0 Å². The van der Waals surface area contributed by atoms with Crippen LogP contribution < -0.4 is 15.4 Å². The second-order valence-electron chi connectivity index (χ2n) is 4.40. The molecule has 1 rings (SSSR count). The van der Waals surface area contributed by atoms with Crippen LogP contribution in [0.15, 0.2) is 12.1 Å². The molecular formula is C13H22N4O3S. The Balaban J connectivity index is 2.75. The Bertz CT molecular complexity index is 587. The third kappa shape index (κ3) is 5.68. The van der Waals surface area contributed by atoms with Crippen molar-refractivity contribution in [3.05, 3.63) is 23.4 Å². The van der Waals surface area contributed by atoms with Crippen molar-refractivity contribution in [2.24, 2.45) is 0 Å². The molecule has 118 valence electrons. The largest absolute Gasteiger partial charge is 0.370 e. The lowest BCUT2D eigenvalue weighted by Crippen LogP contribution is -2.33. The zero-order chi connectivity index (χ0) is 15.9. The van der Waals surface area contributed by atoms with Gasteiger partial charge in [-0.2, -0.15) is 0 Å². The van der Waals surface area contributed by atoms with Crippen LogP contribution in [0, 0.1) is 0 Å². The van der Waals surface area contributed by atoms with Crippen LogP contribution in [0.2, 0.25) is 0 Å². The summed E-state index contributed by atoms with van der Waals surface area (Å²) < 4.78 is 24.7. The molecule has 21 heavy (non-hydrogen) atoms. The molecule has 1 aromatic heterocycles. The molecule has 0 fully saturated rings. The van der Waals surface area contributed by atoms with Crippen LogP contribution in [0.3, 0.4) is 0 Å². The molecule has 0 unspecified atom stereocenters. The maximum atomic E-state index is 12.1. The first kappa shape index (κ1) is 17.4. The van der Waals surface area contributed by atoms with E-state index in [1.54, 1.807) is 12.1 Å². The smallest absolute Gasteiger partial charge is 0.251 e. The van der Waals surface area contributed by atoms with Crippen molar-refractivity contribution in [1.82, 2.24) is 15.0 Å². The lowest BCUT2D eigenvalue weighted by molar-refractivity contribution is 0.0956. The summed E-state index contributed by atoms with van der Waals surface area (Å²) in [4.78, 5) is 16.4. The Kier molecular flexibility index (Phi) is 6.57. The van der Waals surface area contributed by atoms with Crippen LogP contribution >= 0.6 is 0 Å². The summed E-state index contributed by atoms with van der Waals surface area (Å²) in [5.74, 6) is 0.184. The average Bonchev–Trinajstić information content (AvgIpc) is 2.47. The molecule has 0 atom stereocenters. The molecule has 1 aromatic rings. The number of amides is 1. The highest BCUT2D eigenvalue weighted by molar-refractivity contribution is 7.89. The first-order chi connectivity index (χ1) is 9.91. The number of aryl methyl sites for hydroxylation is 1. The lowest BCUT2D eigenvalue weighted by atomic mass is 10.2.